The molecule has 0 amide bonds. The lowest BCUT2D eigenvalue weighted by Gasteiger charge is -2.09. The monoisotopic (exact) mass is 452 g/mol. The van der Waals surface area contributed by atoms with Crippen LogP contribution in [-0.2, 0) is 12.3 Å². The third-order valence-electron chi connectivity index (χ3n) is 4.59. The number of benzene rings is 1. The number of rotatable bonds is 6. The van der Waals surface area contributed by atoms with Gasteiger partial charge < -0.3 is 4.52 Å². The van der Waals surface area contributed by atoms with Gasteiger partial charge in [0.25, 0.3) is 5.56 Å². The molecule has 0 N–H and O–H groups in total. The van der Waals surface area contributed by atoms with E-state index in [0.29, 0.717) is 34.6 Å². The van der Waals surface area contributed by atoms with Gasteiger partial charge in [-0.05, 0) is 18.4 Å². The molecule has 0 unspecified atom stereocenters. The topological polar surface area (TPSA) is 73.8 Å². The first-order valence-electron chi connectivity index (χ1n) is 9.31. The maximum atomic E-state index is 13.2. The summed E-state index contributed by atoms with van der Waals surface area (Å²) in [6.45, 7) is 2.50. The van der Waals surface area contributed by atoms with Crippen LogP contribution < -0.4 is 5.56 Å². The molecule has 0 saturated carbocycles. The van der Waals surface area contributed by atoms with Gasteiger partial charge in [0.1, 0.15) is 4.83 Å². The van der Waals surface area contributed by atoms with Crippen LogP contribution in [0, 0.1) is 0 Å². The fourth-order valence-corrected chi connectivity index (χ4v) is 5.86. The quantitative estimate of drug-likeness (QED) is 0.248. The van der Waals surface area contributed by atoms with Gasteiger partial charge in [-0.25, -0.2) is 4.98 Å². The lowest BCUT2D eigenvalue weighted by molar-refractivity contribution is 0.391. The second kappa shape index (κ2) is 8.17. The van der Waals surface area contributed by atoms with Crippen molar-refractivity contribution in [3.05, 3.63) is 69.5 Å². The third-order valence-corrected chi connectivity index (χ3v) is 7.32. The first-order chi connectivity index (χ1) is 14.7. The van der Waals surface area contributed by atoms with Gasteiger partial charge in [-0.15, -0.1) is 22.7 Å². The van der Waals surface area contributed by atoms with Crippen LogP contribution in [0.15, 0.2) is 67.7 Å². The van der Waals surface area contributed by atoms with E-state index in [4.69, 9.17) is 9.51 Å². The van der Waals surface area contributed by atoms with Gasteiger partial charge in [-0.1, -0.05) is 53.3 Å². The second-order valence-corrected chi connectivity index (χ2v) is 9.17. The van der Waals surface area contributed by atoms with Crippen molar-refractivity contribution in [2.75, 3.05) is 0 Å². The molecule has 150 valence electrons. The molecule has 9 heteroatoms. The molecule has 1 aromatic carbocycles. The standard InChI is InChI=1S/C21H16N4O2S3/c1-2-25-20(26)17-14(15-9-6-10-28-15)11-29-19(17)23-21(25)30-12-16-22-18(24-27-16)13-7-4-3-5-8-13/h3-11H,2,12H2,1H3. The predicted octanol–water partition coefficient (Wildman–Crippen LogP) is 5.55. The summed E-state index contributed by atoms with van der Waals surface area (Å²) in [5.41, 5.74) is 1.86. The van der Waals surface area contributed by atoms with Crippen molar-refractivity contribution in [2.45, 2.75) is 24.4 Å². The van der Waals surface area contributed by atoms with Crippen molar-refractivity contribution in [1.29, 1.82) is 0 Å². The van der Waals surface area contributed by atoms with Crippen LogP contribution in [0.3, 0.4) is 0 Å². The molecular weight excluding hydrogens is 436 g/mol. The number of hydrogen-bond donors (Lipinski definition) is 0. The highest BCUT2D eigenvalue weighted by Crippen LogP contribution is 2.35. The van der Waals surface area contributed by atoms with Gasteiger partial charge >= 0.3 is 0 Å². The van der Waals surface area contributed by atoms with E-state index in [1.807, 2.05) is 60.1 Å². The van der Waals surface area contributed by atoms with E-state index in [2.05, 4.69) is 10.1 Å². The van der Waals surface area contributed by atoms with Crippen molar-refractivity contribution < 1.29 is 4.52 Å². The molecule has 0 aliphatic carbocycles. The zero-order valence-electron chi connectivity index (χ0n) is 15.9. The Bertz CT molecular complexity index is 1350. The summed E-state index contributed by atoms with van der Waals surface area (Å²) >= 11 is 4.56. The molecule has 0 fully saturated rings. The molecule has 0 bridgehead atoms. The van der Waals surface area contributed by atoms with E-state index in [-0.39, 0.29) is 5.56 Å². The smallest absolute Gasteiger partial charge is 0.263 e. The normalized spacial score (nSPS) is 11.4. The molecule has 4 aromatic heterocycles. The summed E-state index contributed by atoms with van der Waals surface area (Å²) in [6.07, 6.45) is 0. The van der Waals surface area contributed by atoms with E-state index in [1.54, 1.807) is 15.9 Å². The molecule has 0 saturated heterocycles. The predicted molar refractivity (Wildman–Crippen MR) is 122 cm³/mol. The van der Waals surface area contributed by atoms with E-state index >= 15 is 0 Å². The minimum absolute atomic E-state index is 0.00912. The largest absolute Gasteiger partial charge is 0.338 e. The average Bonchev–Trinajstić information content (AvgIpc) is 3.53. The number of hydrogen-bond acceptors (Lipinski definition) is 8. The van der Waals surface area contributed by atoms with Crippen LogP contribution in [0.4, 0.5) is 0 Å². The highest BCUT2D eigenvalue weighted by molar-refractivity contribution is 7.98. The Balaban J connectivity index is 1.45. The van der Waals surface area contributed by atoms with Crippen molar-refractivity contribution in [1.82, 2.24) is 19.7 Å². The fraction of sp³-hybridized carbons (Fsp3) is 0.143. The molecule has 30 heavy (non-hydrogen) atoms. The Kier molecular flexibility index (Phi) is 5.24. The van der Waals surface area contributed by atoms with Crippen LogP contribution in [-0.4, -0.2) is 19.7 Å². The van der Waals surface area contributed by atoms with Crippen LogP contribution in [0.25, 0.3) is 32.0 Å². The maximum absolute atomic E-state index is 13.2. The first-order valence-corrected chi connectivity index (χ1v) is 12.1. The van der Waals surface area contributed by atoms with E-state index in [9.17, 15) is 4.79 Å². The molecule has 0 atom stereocenters. The van der Waals surface area contributed by atoms with Crippen LogP contribution in [0.2, 0.25) is 0 Å². The minimum atomic E-state index is -0.00912. The fourth-order valence-electron chi connectivity index (χ4n) is 3.15. The third kappa shape index (κ3) is 3.49. The average molecular weight is 453 g/mol. The summed E-state index contributed by atoms with van der Waals surface area (Å²) in [5.74, 6) is 1.50. The van der Waals surface area contributed by atoms with E-state index < -0.39 is 0 Å². The maximum Gasteiger partial charge on any atom is 0.263 e. The zero-order chi connectivity index (χ0) is 20.5. The number of aromatic nitrogens is 4. The number of thiophene rings is 2. The molecule has 0 spiro atoms. The first kappa shape index (κ1) is 19.2. The minimum Gasteiger partial charge on any atom is -0.338 e. The summed E-state index contributed by atoms with van der Waals surface area (Å²) in [6, 6.07) is 13.7. The molecular formula is C21H16N4O2S3. The zero-order valence-corrected chi connectivity index (χ0v) is 18.4. The molecule has 5 rings (SSSR count). The van der Waals surface area contributed by atoms with Crippen LogP contribution in [0.1, 0.15) is 12.8 Å². The second-order valence-electron chi connectivity index (χ2n) is 6.42. The highest BCUT2D eigenvalue weighted by Gasteiger charge is 2.18. The number of nitrogens with zero attached hydrogens (tertiary/aromatic N) is 4. The van der Waals surface area contributed by atoms with Gasteiger partial charge in [0.2, 0.25) is 11.7 Å². The Morgan fingerprint density at radius 1 is 1.10 bits per heavy atom. The lowest BCUT2D eigenvalue weighted by atomic mass is 10.2. The van der Waals surface area contributed by atoms with Crippen LogP contribution in [0.5, 0.6) is 0 Å². The van der Waals surface area contributed by atoms with Crippen molar-refractivity contribution >= 4 is 44.7 Å². The SMILES string of the molecule is CCn1c(SCc2nc(-c3ccccc3)no2)nc2scc(-c3cccs3)c2c1=O. The summed E-state index contributed by atoms with van der Waals surface area (Å²) in [7, 11) is 0. The van der Waals surface area contributed by atoms with Crippen molar-refractivity contribution in [3.8, 4) is 21.8 Å². The summed E-state index contributed by atoms with van der Waals surface area (Å²) in [5, 5.41) is 9.44. The summed E-state index contributed by atoms with van der Waals surface area (Å²) in [4.78, 5) is 24.3. The van der Waals surface area contributed by atoms with Crippen molar-refractivity contribution in [2.24, 2.45) is 0 Å². The molecule has 4 heterocycles. The number of thioether (sulfide) groups is 1. The van der Waals surface area contributed by atoms with Gasteiger partial charge in [-0.2, -0.15) is 4.98 Å². The lowest BCUT2D eigenvalue weighted by Crippen LogP contribution is -2.22. The molecule has 5 aromatic rings. The summed E-state index contributed by atoms with van der Waals surface area (Å²) < 4.78 is 7.11. The Morgan fingerprint density at radius 3 is 2.73 bits per heavy atom. The van der Waals surface area contributed by atoms with Gasteiger partial charge in [-0.3, -0.25) is 9.36 Å². The number of fused-ring (bicyclic) bond motifs is 1. The molecule has 0 radical (unpaired) electrons. The Morgan fingerprint density at radius 2 is 1.97 bits per heavy atom. The highest BCUT2D eigenvalue weighted by atomic mass is 32.2. The molecule has 0 aliphatic rings. The molecule has 0 aliphatic heterocycles. The molecule has 6 nitrogen and oxygen atoms in total. The Hall–Kier alpha value is -2.75. The van der Waals surface area contributed by atoms with Gasteiger partial charge in [0, 0.05) is 27.9 Å². The van der Waals surface area contributed by atoms with Gasteiger partial charge in [0.15, 0.2) is 5.16 Å². The van der Waals surface area contributed by atoms with Crippen LogP contribution >= 0.6 is 34.4 Å². The van der Waals surface area contributed by atoms with E-state index in [1.165, 1.54) is 23.1 Å². The Labute approximate surface area is 184 Å². The van der Waals surface area contributed by atoms with Crippen molar-refractivity contribution in [3.63, 3.8) is 0 Å². The van der Waals surface area contributed by atoms with Gasteiger partial charge in [0.05, 0.1) is 11.1 Å². The van der Waals surface area contributed by atoms with E-state index in [0.717, 1.165) is 20.8 Å².